The molecule has 21 heavy (non-hydrogen) atoms. The number of carbonyl (C=O) groups is 1. The van der Waals surface area contributed by atoms with Crippen LogP contribution >= 0.6 is 0 Å². The lowest BCUT2D eigenvalue weighted by molar-refractivity contribution is -0.124. The summed E-state index contributed by atoms with van der Waals surface area (Å²) in [6.45, 7) is 0. The molecule has 1 aliphatic heterocycles. The van der Waals surface area contributed by atoms with Gasteiger partial charge in [0, 0.05) is 22.7 Å². The summed E-state index contributed by atoms with van der Waals surface area (Å²) in [5.74, 6) is -0.833. The van der Waals surface area contributed by atoms with Crippen LogP contribution in [0.2, 0.25) is 0 Å². The molecule has 0 bridgehead atoms. The number of hydrogen-bond donors (Lipinski definition) is 2. The number of amides is 1. The molecule has 6 nitrogen and oxygen atoms in total. The van der Waals surface area contributed by atoms with E-state index in [0.717, 1.165) is 16.5 Å². The van der Waals surface area contributed by atoms with Gasteiger partial charge in [0.2, 0.25) is 5.91 Å². The van der Waals surface area contributed by atoms with Crippen LogP contribution in [-0.2, 0) is 14.6 Å². The van der Waals surface area contributed by atoms with Crippen LogP contribution in [0.4, 0.5) is 0 Å². The van der Waals surface area contributed by atoms with Gasteiger partial charge in [-0.05, 0) is 12.5 Å². The topological polar surface area (TPSA) is 91.4 Å². The predicted octanol–water partition coefficient (Wildman–Crippen LogP) is 1.05. The summed E-state index contributed by atoms with van der Waals surface area (Å²) in [4.78, 5) is 14.9. The van der Waals surface area contributed by atoms with Crippen molar-refractivity contribution in [3.63, 3.8) is 0 Å². The van der Waals surface area contributed by atoms with Crippen LogP contribution in [0.5, 0.6) is 0 Å². The molecule has 2 N–H and O–H groups in total. The first-order valence-corrected chi connectivity index (χ1v) is 8.47. The molecular formula is C14H15N3O3S. The van der Waals surface area contributed by atoms with Crippen LogP contribution in [0.25, 0.3) is 10.9 Å². The van der Waals surface area contributed by atoms with Crippen LogP contribution < -0.4 is 5.43 Å². The SMILES string of the molecule is O=C(N/N=C/c1c[nH]c2ccccc12)[C@@H]1CCS(=O)(=O)C1. The number of hydrazone groups is 1. The van der Waals surface area contributed by atoms with Gasteiger partial charge in [-0.1, -0.05) is 18.2 Å². The lowest BCUT2D eigenvalue weighted by atomic mass is 10.1. The van der Waals surface area contributed by atoms with Crippen molar-refractivity contribution < 1.29 is 13.2 Å². The Bertz CT molecular complexity index is 808. The largest absolute Gasteiger partial charge is 0.361 e. The van der Waals surface area contributed by atoms with Gasteiger partial charge in [0.05, 0.1) is 23.6 Å². The summed E-state index contributed by atoms with van der Waals surface area (Å²) in [6, 6.07) is 7.77. The number of aromatic nitrogens is 1. The maximum atomic E-state index is 11.8. The molecule has 0 unspecified atom stereocenters. The van der Waals surface area contributed by atoms with Crippen molar-refractivity contribution in [3.05, 3.63) is 36.0 Å². The summed E-state index contributed by atoms with van der Waals surface area (Å²) >= 11 is 0. The first-order valence-electron chi connectivity index (χ1n) is 6.65. The minimum atomic E-state index is -3.06. The van der Waals surface area contributed by atoms with Gasteiger partial charge in [-0.3, -0.25) is 4.79 Å². The molecule has 2 heterocycles. The Kier molecular flexibility index (Phi) is 3.50. The highest BCUT2D eigenvalue weighted by Gasteiger charge is 2.32. The molecular weight excluding hydrogens is 290 g/mol. The molecule has 1 aromatic heterocycles. The number of hydrogen-bond acceptors (Lipinski definition) is 4. The zero-order valence-corrected chi connectivity index (χ0v) is 12.1. The molecule has 0 aliphatic carbocycles. The second-order valence-corrected chi connectivity index (χ2v) is 7.35. The molecule has 0 radical (unpaired) electrons. The van der Waals surface area contributed by atoms with Crippen LogP contribution in [0.3, 0.4) is 0 Å². The Hall–Kier alpha value is -2.15. The highest BCUT2D eigenvalue weighted by Crippen LogP contribution is 2.18. The minimum absolute atomic E-state index is 0.0806. The summed E-state index contributed by atoms with van der Waals surface area (Å²) in [5, 5.41) is 4.93. The fourth-order valence-electron chi connectivity index (χ4n) is 2.46. The van der Waals surface area contributed by atoms with Crippen LogP contribution in [0.1, 0.15) is 12.0 Å². The molecule has 0 saturated carbocycles. The van der Waals surface area contributed by atoms with Crippen molar-refractivity contribution in [3.8, 4) is 0 Å². The zero-order valence-electron chi connectivity index (χ0n) is 11.2. The number of aromatic amines is 1. The third kappa shape index (κ3) is 2.97. The Morgan fingerprint density at radius 3 is 2.95 bits per heavy atom. The molecule has 1 saturated heterocycles. The minimum Gasteiger partial charge on any atom is -0.361 e. The van der Waals surface area contributed by atoms with Crippen LogP contribution in [0.15, 0.2) is 35.6 Å². The molecule has 1 aliphatic rings. The van der Waals surface area contributed by atoms with Crippen LogP contribution in [-0.4, -0.2) is 37.0 Å². The van der Waals surface area contributed by atoms with E-state index in [4.69, 9.17) is 0 Å². The normalized spacial score (nSPS) is 21.0. The first-order chi connectivity index (χ1) is 10.1. The van der Waals surface area contributed by atoms with Crippen molar-refractivity contribution in [2.75, 3.05) is 11.5 Å². The molecule has 1 fully saturated rings. The molecule has 1 amide bonds. The quantitative estimate of drug-likeness (QED) is 0.656. The van der Waals surface area contributed by atoms with E-state index in [0.29, 0.717) is 6.42 Å². The summed E-state index contributed by atoms with van der Waals surface area (Å²) in [5.41, 5.74) is 4.28. The van der Waals surface area contributed by atoms with Gasteiger partial charge >= 0.3 is 0 Å². The van der Waals surface area contributed by atoms with Gasteiger partial charge in [0.15, 0.2) is 9.84 Å². The maximum Gasteiger partial charge on any atom is 0.244 e. The number of nitrogens with zero attached hydrogens (tertiary/aromatic N) is 1. The molecule has 0 spiro atoms. The maximum absolute atomic E-state index is 11.8. The molecule has 1 aromatic carbocycles. The Balaban J connectivity index is 1.66. The van der Waals surface area contributed by atoms with Crippen molar-refractivity contribution in [2.24, 2.45) is 11.0 Å². The summed E-state index contributed by atoms with van der Waals surface area (Å²) < 4.78 is 22.7. The van der Waals surface area contributed by atoms with Crippen molar-refractivity contribution in [1.82, 2.24) is 10.4 Å². The summed E-state index contributed by atoms with van der Waals surface area (Å²) in [7, 11) is -3.06. The smallest absolute Gasteiger partial charge is 0.244 e. The van der Waals surface area contributed by atoms with Gasteiger partial charge < -0.3 is 4.98 Å². The van der Waals surface area contributed by atoms with Gasteiger partial charge in [0.25, 0.3) is 0 Å². The van der Waals surface area contributed by atoms with E-state index in [2.05, 4.69) is 15.5 Å². The van der Waals surface area contributed by atoms with E-state index in [-0.39, 0.29) is 17.4 Å². The second kappa shape index (κ2) is 5.33. The predicted molar refractivity (Wildman–Crippen MR) is 80.8 cm³/mol. The van der Waals surface area contributed by atoms with Gasteiger partial charge in [-0.25, -0.2) is 13.8 Å². The van der Waals surface area contributed by atoms with E-state index in [1.54, 1.807) is 12.4 Å². The second-order valence-electron chi connectivity index (χ2n) is 5.12. The van der Waals surface area contributed by atoms with E-state index in [1.165, 1.54) is 0 Å². The third-order valence-electron chi connectivity index (χ3n) is 3.60. The van der Waals surface area contributed by atoms with E-state index in [1.807, 2.05) is 24.3 Å². The monoisotopic (exact) mass is 305 g/mol. The number of carbonyl (C=O) groups excluding carboxylic acids is 1. The van der Waals surface area contributed by atoms with Crippen molar-refractivity contribution in [2.45, 2.75) is 6.42 Å². The van der Waals surface area contributed by atoms with Crippen molar-refractivity contribution in [1.29, 1.82) is 0 Å². The third-order valence-corrected chi connectivity index (χ3v) is 5.37. The molecule has 1 atom stereocenters. The van der Waals surface area contributed by atoms with E-state index in [9.17, 15) is 13.2 Å². The Morgan fingerprint density at radius 1 is 1.38 bits per heavy atom. The number of nitrogens with one attached hydrogen (secondary N) is 2. The highest BCUT2D eigenvalue weighted by molar-refractivity contribution is 7.91. The van der Waals surface area contributed by atoms with Crippen molar-refractivity contribution >= 4 is 32.9 Å². The first kappa shape index (κ1) is 13.8. The van der Waals surface area contributed by atoms with Gasteiger partial charge in [-0.2, -0.15) is 5.10 Å². The number of fused-ring (bicyclic) bond motifs is 1. The van der Waals surface area contributed by atoms with Gasteiger partial charge in [-0.15, -0.1) is 0 Å². The lowest BCUT2D eigenvalue weighted by Gasteiger charge is -2.04. The highest BCUT2D eigenvalue weighted by atomic mass is 32.2. The molecule has 2 aromatic rings. The average molecular weight is 305 g/mol. The lowest BCUT2D eigenvalue weighted by Crippen LogP contribution is -2.27. The molecule has 3 rings (SSSR count). The summed E-state index contributed by atoms with van der Waals surface area (Å²) in [6.07, 6.45) is 3.73. The zero-order chi connectivity index (χ0) is 14.9. The number of sulfone groups is 1. The van der Waals surface area contributed by atoms with E-state index >= 15 is 0 Å². The number of benzene rings is 1. The van der Waals surface area contributed by atoms with Gasteiger partial charge in [0.1, 0.15) is 0 Å². The molecule has 7 heteroatoms. The molecule has 110 valence electrons. The standard InChI is InChI=1S/C14H15N3O3S/c18-14(10-5-6-21(19,20)9-10)17-16-8-11-7-15-13-4-2-1-3-12(11)13/h1-4,7-8,10,15H,5-6,9H2,(H,17,18)/b16-8+/t10-/m1/s1. The average Bonchev–Trinajstić information content (AvgIpc) is 3.03. The van der Waals surface area contributed by atoms with Crippen LogP contribution in [0, 0.1) is 5.92 Å². The fourth-order valence-corrected chi connectivity index (χ4v) is 4.20. The number of H-pyrrole nitrogens is 1. The number of para-hydroxylation sites is 1. The Labute approximate surface area is 122 Å². The Morgan fingerprint density at radius 2 is 2.19 bits per heavy atom. The fraction of sp³-hybridized carbons (Fsp3) is 0.286. The number of rotatable bonds is 3. The van der Waals surface area contributed by atoms with E-state index < -0.39 is 15.8 Å².